The van der Waals surface area contributed by atoms with E-state index in [-0.39, 0.29) is 24.0 Å². The lowest BCUT2D eigenvalue weighted by atomic mass is 9.97. The van der Waals surface area contributed by atoms with Crippen molar-refractivity contribution in [3.63, 3.8) is 0 Å². The lowest BCUT2D eigenvalue weighted by Gasteiger charge is -2.25. The quantitative estimate of drug-likeness (QED) is 0.883. The Morgan fingerprint density at radius 3 is 2.55 bits per heavy atom. The Kier molecular flexibility index (Phi) is 6.24. The fourth-order valence-corrected chi connectivity index (χ4v) is 3.56. The van der Waals surface area contributed by atoms with Crippen molar-refractivity contribution in [2.45, 2.75) is 88.9 Å². The monoisotopic (exact) mass is 329 g/mol. The molecule has 3 rings (SSSR count). The van der Waals surface area contributed by atoms with Crippen molar-refractivity contribution >= 4 is 12.4 Å². The second-order valence-electron chi connectivity index (χ2n) is 6.61. The average molecular weight is 330 g/mol. The SMILES string of the molecule is CCC(OC1CCCCC1)c1nc(C2(N)CCCC2)no1.Cl. The molecular weight excluding hydrogens is 302 g/mol. The summed E-state index contributed by atoms with van der Waals surface area (Å²) >= 11 is 0. The number of ether oxygens (including phenoxy) is 1. The van der Waals surface area contributed by atoms with Crippen LogP contribution in [0.3, 0.4) is 0 Å². The Morgan fingerprint density at radius 1 is 1.23 bits per heavy atom. The normalized spacial score (nSPS) is 23.2. The van der Waals surface area contributed by atoms with E-state index in [4.69, 9.17) is 15.0 Å². The lowest BCUT2D eigenvalue weighted by Crippen LogP contribution is -2.34. The Balaban J connectivity index is 0.00000176. The van der Waals surface area contributed by atoms with Gasteiger partial charge in [0.25, 0.3) is 5.89 Å². The smallest absolute Gasteiger partial charge is 0.255 e. The van der Waals surface area contributed by atoms with Gasteiger partial charge in [0.2, 0.25) is 0 Å². The van der Waals surface area contributed by atoms with Crippen molar-refractivity contribution in [1.29, 1.82) is 0 Å². The Hall–Kier alpha value is -0.650. The Morgan fingerprint density at radius 2 is 1.91 bits per heavy atom. The molecule has 0 spiro atoms. The minimum absolute atomic E-state index is 0. The number of halogens is 1. The van der Waals surface area contributed by atoms with Gasteiger partial charge in [-0.1, -0.05) is 44.2 Å². The molecule has 5 nitrogen and oxygen atoms in total. The van der Waals surface area contributed by atoms with Crippen LogP contribution in [0.25, 0.3) is 0 Å². The van der Waals surface area contributed by atoms with Crippen molar-refractivity contribution in [2.75, 3.05) is 0 Å². The fraction of sp³-hybridized carbons (Fsp3) is 0.875. The molecule has 126 valence electrons. The number of hydrogen-bond donors (Lipinski definition) is 1. The summed E-state index contributed by atoms with van der Waals surface area (Å²) in [5, 5.41) is 4.14. The van der Waals surface area contributed by atoms with E-state index in [1.165, 1.54) is 19.3 Å². The number of aromatic nitrogens is 2. The summed E-state index contributed by atoms with van der Waals surface area (Å²) in [6.45, 7) is 2.10. The maximum absolute atomic E-state index is 6.39. The minimum Gasteiger partial charge on any atom is -0.365 e. The first-order chi connectivity index (χ1) is 10.2. The summed E-state index contributed by atoms with van der Waals surface area (Å²) in [6, 6.07) is 0. The fourth-order valence-electron chi connectivity index (χ4n) is 3.56. The molecule has 1 atom stereocenters. The van der Waals surface area contributed by atoms with Crippen LogP contribution < -0.4 is 5.73 Å². The van der Waals surface area contributed by atoms with Crippen molar-refractivity contribution in [2.24, 2.45) is 5.73 Å². The number of rotatable bonds is 5. The van der Waals surface area contributed by atoms with Crippen LogP contribution in [0.5, 0.6) is 0 Å². The first-order valence-corrected chi connectivity index (χ1v) is 8.50. The van der Waals surface area contributed by atoms with Crippen molar-refractivity contribution < 1.29 is 9.26 Å². The first-order valence-electron chi connectivity index (χ1n) is 8.50. The van der Waals surface area contributed by atoms with Crippen LogP contribution in [0.1, 0.15) is 89.0 Å². The standard InChI is InChI=1S/C16H27N3O2.ClH/c1-2-13(20-12-8-4-3-5-9-12)14-18-15(19-21-14)16(17)10-6-7-11-16;/h12-13H,2-11,17H2,1H3;1H. The van der Waals surface area contributed by atoms with Gasteiger partial charge < -0.3 is 15.0 Å². The molecule has 6 heteroatoms. The third-order valence-electron chi connectivity index (χ3n) is 4.94. The summed E-state index contributed by atoms with van der Waals surface area (Å²) in [6.07, 6.45) is 11.5. The summed E-state index contributed by atoms with van der Waals surface area (Å²) in [5.41, 5.74) is 6.01. The molecule has 2 fully saturated rings. The highest BCUT2D eigenvalue weighted by Gasteiger charge is 2.37. The molecule has 0 bridgehead atoms. The molecule has 1 heterocycles. The molecule has 1 unspecified atom stereocenters. The number of hydrogen-bond acceptors (Lipinski definition) is 5. The zero-order chi connectivity index (χ0) is 14.7. The Labute approximate surface area is 138 Å². The van der Waals surface area contributed by atoms with E-state index in [1.54, 1.807) is 0 Å². The van der Waals surface area contributed by atoms with E-state index < -0.39 is 0 Å². The first kappa shape index (κ1) is 17.7. The van der Waals surface area contributed by atoms with Gasteiger partial charge in [0.05, 0.1) is 11.6 Å². The predicted molar refractivity (Wildman–Crippen MR) is 86.9 cm³/mol. The van der Waals surface area contributed by atoms with Gasteiger partial charge in [0, 0.05) is 0 Å². The van der Waals surface area contributed by atoms with Crippen molar-refractivity contribution in [3.8, 4) is 0 Å². The van der Waals surface area contributed by atoms with Gasteiger partial charge in [0.15, 0.2) is 5.82 Å². The van der Waals surface area contributed by atoms with E-state index in [0.717, 1.165) is 44.9 Å². The van der Waals surface area contributed by atoms with Crippen molar-refractivity contribution in [3.05, 3.63) is 11.7 Å². The highest BCUT2D eigenvalue weighted by atomic mass is 35.5. The van der Waals surface area contributed by atoms with Crippen LogP contribution in [0.15, 0.2) is 4.52 Å². The maximum atomic E-state index is 6.39. The minimum atomic E-state index is -0.384. The molecule has 0 aromatic carbocycles. The van der Waals surface area contributed by atoms with Gasteiger partial charge in [-0.05, 0) is 32.1 Å². The highest BCUT2D eigenvalue weighted by Crippen LogP contribution is 2.36. The summed E-state index contributed by atoms with van der Waals surface area (Å²) in [5.74, 6) is 1.27. The van der Waals surface area contributed by atoms with E-state index in [2.05, 4.69) is 17.1 Å². The summed E-state index contributed by atoms with van der Waals surface area (Å²) < 4.78 is 11.7. The number of nitrogens with zero attached hydrogens (tertiary/aromatic N) is 2. The second-order valence-corrected chi connectivity index (χ2v) is 6.61. The molecule has 22 heavy (non-hydrogen) atoms. The molecule has 2 saturated carbocycles. The van der Waals surface area contributed by atoms with E-state index >= 15 is 0 Å². The molecule has 0 radical (unpaired) electrons. The topological polar surface area (TPSA) is 74.2 Å². The molecule has 1 aromatic rings. The molecule has 0 amide bonds. The summed E-state index contributed by atoms with van der Waals surface area (Å²) in [7, 11) is 0. The molecule has 2 aliphatic carbocycles. The van der Waals surface area contributed by atoms with E-state index in [1.807, 2.05) is 0 Å². The molecule has 0 aliphatic heterocycles. The van der Waals surface area contributed by atoms with Crippen LogP contribution in [0.2, 0.25) is 0 Å². The lowest BCUT2D eigenvalue weighted by molar-refractivity contribution is -0.0468. The average Bonchev–Trinajstić information content (AvgIpc) is 3.16. The van der Waals surface area contributed by atoms with Gasteiger partial charge in [-0.25, -0.2) is 0 Å². The van der Waals surface area contributed by atoms with E-state index in [9.17, 15) is 0 Å². The van der Waals surface area contributed by atoms with Crippen LogP contribution >= 0.6 is 12.4 Å². The zero-order valence-electron chi connectivity index (χ0n) is 13.4. The van der Waals surface area contributed by atoms with Gasteiger partial charge in [-0.3, -0.25) is 0 Å². The summed E-state index contributed by atoms with van der Waals surface area (Å²) in [4.78, 5) is 4.57. The third kappa shape index (κ3) is 3.81. The molecule has 2 aliphatic rings. The van der Waals surface area contributed by atoms with Gasteiger partial charge in [-0.2, -0.15) is 4.98 Å². The third-order valence-corrected chi connectivity index (χ3v) is 4.94. The number of nitrogens with two attached hydrogens (primary N) is 1. The zero-order valence-corrected chi connectivity index (χ0v) is 14.2. The largest absolute Gasteiger partial charge is 0.365 e. The van der Waals surface area contributed by atoms with Gasteiger partial charge in [-0.15, -0.1) is 12.4 Å². The van der Waals surface area contributed by atoms with Crippen LogP contribution in [0.4, 0.5) is 0 Å². The van der Waals surface area contributed by atoms with Crippen LogP contribution in [-0.4, -0.2) is 16.2 Å². The van der Waals surface area contributed by atoms with Crippen LogP contribution in [0, 0.1) is 0 Å². The van der Waals surface area contributed by atoms with E-state index in [0.29, 0.717) is 17.8 Å². The Bertz CT molecular complexity index is 454. The van der Waals surface area contributed by atoms with Gasteiger partial charge in [0.1, 0.15) is 6.10 Å². The maximum Gasteiger partial charge on any atom is 0.255 e. The van der Waals surface area contributed by atoms with Crippen LogP contribution in [-0.2, 0) is 10.3 Å². The predicted octanol–water partition coefficient (Wildman–Crippen LogP) is 4.02. The highest BCUT2D eigenvalue weighted by molar-refractivity contribution is 5.85. The second kappa shape index (κ2) is 7.75. The van der Waals surface area contributed by atoms with Gasteiger partial charge >= 0.3 is 0 Å². The molecule has 2 N–H and O–H groups in total. The molecular formula is C16H28ClN3O2. The van der Waals surface area contributed by atoms with Crippen molar-refractivity contribution in [1.82, 2.24) is 10.1 Å². The molecule has 1 aromatic heterocycles. The molecule has 0 saturated heterocycles.